The van der Waals surface area contributed by atoms with Gasteiger partial charge in [-0.2, -0.15) is 4.98 Å². The molecule has 3 N–H and O–H groups in total. The highest BCUT2D eigenvalue weighted by Crippen LogP contribution is 2.28. The summed E-state index contributed by atoms with van der Waals surface area (Å²) in [5, 5.41) is 9.80. The summed E-state index contributed by atoms with van der Waals surface area (Å²) in [5.74, 6) is 1.50. The number of carbonyl (C=O) groups excluding carboxylic acids is 1. The van der Waals surface area contributed by atoms with Crippen molar-refractivity contribution >= 4 is 45.0 Å². The second-order valence-electron chi connectivity index (χ2n) is 9.46. The zero-order valence-corrected chi connectivity index (χ0v) is 22.9. The van der Waals surface area contributed by atoms with E-state index in [1.54, 1.807) is 6.20 Å². The number of amides is 1. The third-order valence-corrected chi connectivity index (χ3v) is 7.45. The predicted molar refractivity (Wildman–Crippen MR) is 148 cm³/mol. The summed E-state index contributed by atoms with van der Waals surface area (Å²) in [7, 11) is 2.18. The third kappa shape index (κ3) is 7.30. The number of halogens is 1. The zero-order valence-electron chi connectivity index (χ0n) is 21.4. The van der Waals surface area contributed by atoms with Crippen LogP contribution in [0, 0.1) is 5.92 Å². The fourth-order valence-corrected chi connectivity index (χ4v) is 4.87. The van der Waals surface area contributed by atoms with Crippen LogP contribution in [0.2, 0.25) is 0 Å². The number of rotatable bonds is 10. The van der Waals surface area contributed by atoms with Gasteiger partial charge in [-0.15, -0.1) is 0 Å². The number of ether oxygens (including phenoxy) is 1. The molecule has 36 heavy (non-hydrogen) atoms. The van der Waals surface area contributed by atoms with Crippen molar-refractivity contribution < 1.29 is 9.53 Å². The van der Waals surface area contributed by atoms with Crippen LogP contribution in [0.15, 0.2) is 28.9 Å². The quantitative estimate of drug-likeness (QED) is 0.380. The van der Waals surface area contributed by atoms with Crippen molar-refractivity contribution in [2.75, 3.05) is 75.1 Å². The fourth-order valence-electron chi connectivity index (χ4n) is 4.54. The van der Waals surface area contributed by atoms with Crippen LogP contribution in [-0.4, -0.2) is 80.3 Å². The van der Waals surface area contributed by atoms with Gasteiger partial charge in [0.25, 0.3) is 0 Å². The molecule has 2 saturated heterocycles. The number of piperazine rings is 1. The predicted octanol–water partition coefficient (Wildman–Crippen LogP) is 3.64. The van der Waals surface area contributed by atoms with Crippen LogP contribution in [0.1, 0.15) is 31.7 Å². The van der Waals surface area contributed by atoms with Crippen LogP contribution >= 0.6 is 15.9 Å². The Labute approximate surface area is 222 Å². The molecule has 1 aromatic heterocycles. The smallest absolute Gasteiger partial charge is 0.229 e. The van der Waals surface area contributed by atoms with E-state index in [-0.39, 0.29) is 11.8 Å². The highest BCUT2D eigenvalue weighted by Gasteiger charge is 2.21. The van der Waals surface area contributed by atoms with Gasteiger partial charge in [0.05, 0.1) is 4.47 Å². The van der Waals surface area contributed by atoms with Gasteiger partial charge in [-0.05, 0) is 72.4 Å². The van der Waals surface area contributed by atoms with Crippen molar-refractivity contribution in [2.24, 2.45) is 5.92 Å². The maximum atomic E-state index is 12.3. The van der Waals surface area contributed by atoms with E-state index in [4.69, 9.17) is 4.74 Å². The standard InChI is InChI=1S/C26H38BrN7O2/c1-3-19-17-21(34-13-11-33(2)12-14-34)5-6-23(19)31-26-30-18-22(27)24(32-26)28-9-4-10-29-25(35)20-7-15-36-16-8-20/h5-6,17-18,20H,3-4,7-16H2,1-2H3,(H,29,35)(H2,28,30,31,32). The highest BCUT2D eigenvalue weighted by atomic mass is 79.9. The number of nitrogens with one attached hydrogen (secondary N) is 3. The maximum absolute atomic E-state index is 12.3. The number of aryl methyl sites for hydroxylation is 1. The molecule has 1 aromatic carbocycles. The molecule has 0 unspecified atom stereocenters. The molecule has 3 heterocycles. The number of aromatic nitrogens is 2. The monoisotopic (exact) mass is 559 g/mol. The lowest BCUT2D eigenvalue weighted by atomic mass is 9.99. The summed E-state index contributed by atoms with van der Waals surface area (Å²) < 4.78 is 6.14. The lowest BCUT2D eigenvalue weighted by Crippen LogP contribution is -2.44. The first-order valence-electron chi connectivity index (χ1n) is 13.0. The Morgan fingerprint density at radius 3 is 2.69 bits per heavy atom. The van der Waals surface area contributed by atoms with Gasteiger partial charge in [-0.3, -0.25) is 4.79 Å². The summed E-state index contributed by atoms with van der Waals surface area (Å²) in [6.45, 7) is 9.14. The van der Waals surface area contributed by atoms with E-state index in [0.717, 1.165) is 67.8 Å². The van der Waals surface area contributed by atoms with E-state index >= 15 is 0 Å². The van der Waals surface area contributed by atoms with E-state index < -0.39 is 0 Å². The third-order valence-electron chi connectivity index (χ3n) is 6.87. The average molecular weight is 561 g/mol. The summed E-state index contributed by atoms with van der Waals surface area (Å²) in [4.78, 5) is 26.2. The minimum absolute atomic E-state index is 0.0833. The molecule has 0 bridgehead atoms. The van der Waals surface area contributed by atoms with Gasteiger partial charge in [-0.1, -0.05) is 6.92 Å². The summed E-state index contributed by atoms with van der Waals surface area (Å²) in [5.41, 5.74) is 3.54. The Bertz CT molecular complexity index is 1010. The molecule has 4 rings (SSSR count). The normalized spacial score (nSPS) is 17.1. The summed E-state index contributed by atoms with van der Waals surface area (Å²) in [6.07, 6.45) is 5.11. The molecule has 0 saturated carbocycles. The van der Waals surface area contributed by atoms with E-state index in [2.05, 4.69) is 83.8 Å². The first-order chi connectivity index (χ1) is 17.5. The largest absolute Gasteiger partial charge is 0.381 e. The molecular weight excluding hydrogens is 522 g/mol. The number of hydrogen-bond donors (Lipinski definition) is 3. The Morgan fingerprint density at radius 1 is 1.17 bits per heavy atom. The van der Waals surface area contributed by atoms with E-state index in [9.17, 15) is 4.79 Å². The molecule has 10 heteroatoms. The first-order valence-corrected chi connectivity index (χ1v) is 13.8. The molecule has 9 nitrogen and oxygen atoms in total. The van der Waals surface area contributed by atoms with Crippen LogP contribution < -0.4 is 20.9 Å². The van der Waals surface area contributed by atoms with Gasteiger partial charge < -0.3 is 30.5 Å². The van der Waals surface area contributed by atoms with Crippen LogP contribution in [0.25, 0.3) is 0 Å². The van der Waals surface area contributed by atoms with E-state index in [1.165, 1.54) is 11.3 Å². The molecule has 2 aromatic rings. The Hall–Kier alpha value is -2.43. The topological polar surface area (TPSA) is 94.7 Å². The zero-order chi connectivity index (χ0) is 25.3. The summed E-state index contributed by atoms with van der Waals surface area (Å²) in [6, 6.07) is 6.59. The SMILES string of the molecule is CCc1cc(N2CCN(C)CC2)ccc1Nc1ncc(Br)c(NCCCNC(=O)C2CCOCC2)n1. The van der Waals surface area contributed by atoms with E-state index in [1.807, 2.05) is 0 Å². The second-order valence-corrected chi connectivity index (χ2v) is 10.3. The Balaban J connectivity index is 1.29. The lowest BCUT2D eigenvalue weighted by Gasteiger charge is -2.34. The van der Waals surface area contributed by atoms with Crippen molar-refractivity contribution in [3.63, 3.8) is 0 Å². The molecule has 2 fully saturated rings. The first kappa shape index (κ1) is 26.6. The van der Waals surface area contributed by atoms with Gasteiger partial charge in [0.2, 0.25) is 11.9 Å². The van der Waals surface area contributed by atoms with Crippen molar-refractivity contribution in [3.05, 3.63) is 34.4 Å². The Kier molecular flexibility index (Phi) is 9.77. The number of carbonyl (C=O) groups is 1. The van der Waals surface area contributed by atoms with Gasteiger partial charge in [0.15, 0.2) is 0 Å². The number of hydrogen-bond acceptors (Lipinski definition) is 8. The molecule has 0 aliphatic carbocycles. The molecule has 0 atom stereocenters. The fraction of sp³-hybridized carbons (Fsp3) is 0.577. The minimum atomic E-state index is 0.0833. The molecule has 0 radical (unpaired) electrons. The highest BCUT2D eigenvalue weighted by molar-refractivity contribution is 9.10. The van der Waals surface area contributed by atoms with E-state index in [0.29, 0.717) is 32.3 Å². The molecule has 2 aliphatic rings. The average Bonchev–Trinajstić information content (AvgIpc) is 2.91. The maximum Gasteiger partial charge on any atom is 0.229 e. The van der Waals surface area contributed by atoms with Crippen molar-refractivity contribution in [1.29, 1.82) is 0 Å². The number of benzene rings is 1. The van der Waals surface area contributed by atoms with Crippen LogP contribution in [-0.2, 0) is 16.0 Å². The van der Waals surface area contributed by atoms with Gasteiger partial charge in [0, 0.05) is 76.0 Å². The van der Waals surface area contributed by atoms with Crippen LogP contribution in [0.3, 0.4) is 0 Å². The van der Waals surface area contributed by atoms with Crippen molar-refractivity contribution in [1.82, 2.24) is 20.2 Å². The van der Waals surface area contributed by atoms with Crippen molar-refractivity contribution in [3.8, 4) is 0 Å². The molecule has 1 amide bonds. The van der Waals surface area contributed by atoms with Crippen LogP contribution in [0.5, 0.6) is 0 Å². The number of anilines is 4. The Morgan fingerprint density at radius 2 is 1.94 bits per heavy atom. The minimum Gasteiger partial charge on any atom is -0.381 e. The molecule has 196 valence electrons. The van der Waals surface area contributed by atoms with Gasteiger partial charge in [0.1, 0.15) is 5.82 Å². The van der Waals surface area contributed by atoms with Gasteiger partial charge in [-0.25, -0.2) is 4.98 Å². The number of likely N-dealkylation sites (N-methyl/N-ethyl adjacent to an activating group) is 1. The second kappa shape index (κ2) is 13.2. The van der Waals surface area contributed by atoms with Crippen LogP contribution in [0.4, 0.5) is 23.1 Å². The summed E-state index contributed by atoms with van der Waals surface area (Å²) >= 11 is 3.54. The molecular formula is C26H38BrN7O2. The van der Waals surface area contributed by atoms with Crippen molar-refractivity contribution in [2.45, 2.75) is 32.6 Å². The van der Waals surface area contributed by atoms with Gasteiger partial charge >= 0.3 is 0 Å². The number of nitrogens with zero attached hydrogens (tertiary/aromatic N) is 4. The molecule has 0 spiro atoms. The lowest BCUT2D eigenvalue weighted by molar-refractivity contribution is -0.127. The molecule has 2 aliphatic heterocycles.